The van der Waals surface area contributed by atoms with Crippen LogP contribution in [-0.4, -0.2) is 30.4 Å². The van der Waals surface area contributed by atoms with Crippen LogP contribution in [0.2, 0.25) is 0 Å². The topological polar surface area (TPSA) is 56.1 Å². The van der Waals surface area contributed by atoms with Gasteiger partial charge in [0.05, 0.1) is 0 Å². The van der Waals surface area contributed by atoms with E-state index in [0.717, 1.165) is 32.4 Å². The fourth-order valence-corrected chi connectivity index (χ4v) is 1.47. The summed E-state index contributed by atoms with van der Waals surface area (Å²) in [4.78, 5) is 13.7. The lowest BCUT2D eigenvalue weighted by molar-refractivity contribution is -0.117. The number of nitrogens with zero attached hydrogens (tertiary/aromatic N) is 2. The Morgan fingerprint density at radius 3 is 2.24 bits per heavy atom. The van der Waals surface area contributed by atoms with E-state index in [1.54, 1.807) is 6.20 Å². The number of nitrogens with one attached hydrogen (secondary N) is 1. The first-order valence-electron chi connectivity index (χ1n) is 6.33. The molecule has 0 heterocycles. The van der Waals surface area contributed by atoms with Crippen molar-refractivity contribution in [3.05, 3.63) is 11.8 Å². The van der Waals surface area contributed by atoms with Gasteiger partial charge in [-0.1, -0.05) is 20.8 Å². The van der Waals surface area contributed by atoms with Crippen LogP contribution in [0.25, 0.3) is 0 Å². The molecule has 0 radical (unpaired) electrons. The molecule has 0 aliphatic carbocycles. The fourth-order valence-electron chi connectivity index (χ4n) is 1.47. The van der Waals surface area contributed by atoms with E-state index >= 15 is 0 Å². The quantitative estimate of drug-likeness (QED) is 0.519. The number of amides is 1. The molecule has 17 heavy (non-hydrogen) atoms. The first-order valence-corrected chi connectivity index (χ1v) is 6.33. The zero-order valence-electron chi connectivity index (χ0n) is 11.1. The summed E-state index contributed by atoms with van der Waals surface area (Å²) in [5, 5.41) is 11.7. The summed E-state index contributed by atoms with van der Waals surface area (Å²) < 4.78 is 0. The second-order valence-corrected chi connectivity index (χ2v) is 3.95. The van der Waals surface area contributed by atoms with Crippen LogP contribution >= 0.6 is 0 Å². The number of hydrogen-bond donors (Lipinski definition) is 1. The highest BCUT2D eigenvalue weighted by molar-refractivity contribution is 5.97. The molecule has 4 nitrogen and oxygen atoms in total. The number of carbonyl (C=O) groups is 1. The summed E-state index contributed by atoms with van der Waals surface area (Å²) in [6.45, 7) is 8.51. The third-order valence-corrected chi connectivity index (χ3v) is 2.23. The number of carbonyl (C=O) groups excluding carboxylic acids is 1. The van der Waals surface area contributed by atoms with E-state index in [9.17, 15) is 4.79 Å². The molecule has 4 heteroatoms. The fraction of sp³-hybridized carbons (Fsp3) is 0.692. The maximum atomic E-state index is 11.6. The van der Waals surface area contributed by atoms with Crippen LogP contribution in [0.3, 0.4) is 0 Å². The monoisotopic (exact) mass is 237 g/mol. The van der Waals surface area contributed by atoms with Gasteiger partial charge >= 0.3 is 0 Å². The Kier molecular flexibility index (Phi) is 8.85. The Balaban J connectivity index is 4.58. The SMILES string of the molecule is CCCNC(=O)/C(C#N)=C\N(CCC)CCC. The van der Waals surface area contributed by atoms with E-state index in [0.29, 0.717) is 6.54 Å². The summed E-state index contributed by atoms with van der Waals surface area (Å²) in [7, 11) is 0. The minimum Gasteiger partial charge on any atom is -0.376 e. The van der Waals surface area contributed by atoms with Crippen molar-refractivity contribution in [3.63, 3.8) is 0 Å². The Morgan fingerprint density at radius 1 is 1.24 bits per heavy atom. The van der Waals surface area contributed by atoms with Crippen molar-refractivity contribution in [2.24, 2.45) is 0 Å². The maximum absolute atomic E-state index is 11.6. The third kappa shape index (κ3) is 6.62. The van der Waals surface area contributed by atoms with E-state index in [2.05, 4.69) is 19.2 Å². The van der Waals surface area contributed by atoms with Crippen LogP contribution in [0.5, 0.6) is 0 Å². The molecule has 0 bridgehead atoms. The van der Waals surface area contributed by atoms with E-state index in [1.165, 1.54) is 0 Å². The highest BCUT2D eigenvalue weighted by Gasteiger charge is 2.09. The van der Waals surface area contributed by atoms with E-state index in [4.69, 9.17) is 5.26 Å². The van der Waals surface area contributed by atoms with Gasteiger partial charge in [0, 0.05) is 25.8 Å². The van der Waals surface area contributed by atoms with Crippen LogP contribution in [0.4, 0.5) is 0 Å². The van der Waals surface area contributed by atoms with Gasteiger partial charge in [-0.25, -0.2) is 0 Å². The minimum atomic E-state index is -0.272. The lowest BCUT2D eigenvalue weighted by Crippen LogP contribution is -2.28. The van der Waals surface area contributed by atoms with Crippen molar-refractivity contribution in [1.29, 1.82) is 5.26 Å². The molecule has 0 aromatic rings. The van der Waals surface area contributed by atoms with Crippen molar-refractivity contribution in [1.82, 2.24) is 10.2 Å². The normalized spacial score (nSPS) is 10.8. The molecule has 0 saturated heterocycles. The van der Waals surface area contributed by atoms with Gasteiger partial charge < -0.3 is 10.2 Å². The second kappa shape index (κ2) is 9.71. The zero-order valence-corrected chi connectivity index (χ0v) is 11.1. The largest absolute Gasteiger partial charge is 0.376 e. The molecular weight excluding hydrogens is 214 g/mol. The lowest BCUT2D eigenvalue weighted by Gasteiger charge is -2.19. The number of hydrogen-bond acceptors (Lipinski definition) is 3. The first-order chi connectivity index (χ1) is 8.19. The average molecular weight is 237 g/mol. The van der Waals surface area contributed by atoms with Crippen LogP contribution in [0.1, 0.15) is 40.0 Å². The van der Waals surface area contributed by atoms with Crippen molar-refractivity contribution >= 4 is 5.91 Å². The molecule has 0 aliphatic heterocycles. The molecule has 96 valence electrons. The molecule has 0 spiro atoms. The summed E-state index contributed by atoms with van der Waals surface area (Å²) in [6, 6.07) is 1.97. The molecule has 0 unspecified atom stereocenters. The van der Waals surface area contributed by atoms with Crippen LogP contribution in [0.15, 0.2) is 11.8 Å². The van der Waals surface area contributed by atoms with Crippen LogP contribution in [-0.2, 0) is 4.79 Å². The number of nitriles is 1. The number of rotatable bonds is 8. The van der Waals surface area contributed by atoms with Crippen molar-refractivity contribution in [3.8, 4) is 6.07 Å². The molecule has 0 aromatic carbocycles. The highest BCUT2D eigenvalue weighted by Crippen LogP contribution is 2.01. The molecule has 0 aliphatic rings. The molecule has 0 aromatic heterocycles. The van der Waals surface area contributed by atoms with E-state index in [1.807, 2.05) is 17.9 Å². The van der Waals surface area contributed by atoms with Gasteiger partial charge in [0.15, 0.2) is 0 Å². The molecule has 0 fully saturated rings. The van der Waals surface area contributed by atoms with Gasteiger partial charge in [-0.05, 0) is 19.3 Å². The van der Waals surface area contributed by atoms with Crippen molar-refractivity contribution < 1.29 is 4.79 Å². The summed E-state index contributed by atoms with van der Waals surface area (Å²) in [5.74, 6) is -0.272. The third-order valence-electron chi connectivity index (χ3n) is 2.23. The predicted molar refractivity (Wildman–Crippen MR) is 69.2 cm³/mol. The maximum Gasteiger partial charge on any atom is 0.263 e. The average Bonchev–Trinajstić information content (AvgIpc) is 2.33. The molecule has 1 amide bonds. The summed E-state index contributed by atoms with van der Waals surface area (Å²) in [5.41, 5.74) is 0.195. The molecule has 0 saturated carbocycles. The standard InChI is InChI=1S/C13H23N3O/c1-4-7-15-13(17)12(10-14)11-16(8-5-2)9-6-3/h11H,4-9H2,1-3H3,(H,15,17)/b12-11-. The second-order valence-electron chi connectivity index (χ2n) is 3.95. The van der Waals surface area contributed by atoms with Gasteiger partial charge in [-0.3, -0.25) is 4.79 Å². The summed E-state index contributed by atoms with van der Waals surface area (Å²) >= 11 is 0. The van der Waals surface area contributed by atoms with E-state index in [-0.39, 0.29) is 11.5 Å². The summed E-state index contributed by atoms with van der Waals surface area (Å²) in [6.07, 6.45) is 4.56. The lowest BCUT2D eigenvalue weighted by atomic mass is 10.2. The smallest absolute Gasteiger partial charge is 0.263 e. The van der Waals surface area contributed by atoms with Crippen LogP contribution in [0, 0.1) is 11.3 Å². The minimum absolute atomic E-state index is 0.195. The van der Waals surface area contributed by atoms with Gasteiger partial charge in [0.1, 0.15) is 11.6 Å². The Labute approximate surface area is 104 Å². The predicted octanol–water partition coefficient (Wildman–Crippen LogP) is 2.04. The van der Waals surface area contributed by atoms with E-state index < -0.39 is 0 Å². The first kappa shape index (κ1) is 15.5. The Hall–Kier alpha value is -1.50. The Morgan fingerprint density at radius 2 is 1.82 bits per heavy atom. The van der Waals surface area contributed by atoms with Gasteiger partial charge in [0.2, 0.25) is 0 Å². The van der Waals surface area contributed by atoms with Gasteiger partial charge in [-0.15, -0.1) is 0 Å². The molecule has 1 N–H and O–H groups in total. The van der Waals surface area contributed by atoms with Gasteiger partial charge in [-0.2, -0.15) is 5.26 Å². The van der Waals surface area contributed by atoms with Crippen molar-refractivity contribution in [2.45, 2.75) is 40.0 Å². The van der Waals surface area contributed by atoms with Gasteiger partial charge in [0.25, 0.3) is 5.91 Å². The van der Waals surface area contributed by atoms with Crippen molar-refractivity contribution in [2.75, 3.05) is 19.6 Å². The molecule has 0 rings (SSSR count). The Bertz CT molecular complexity index is 286. The highest BCUT2D eigenvalue weighted by atomic mass is 16.1. The molecule has 0 atom stereocenters. The van der Waals surface area contributed by atoms with Crippen LogP contribution < -0.4 is 5.32 Å². The zero-order chi connectivity index (χ0) is 13.1. The molecular formula is C13H23N3O.